The van der Waals surface area contributed by atoms with Crippen molar-refractivity contribution in [2.24, 2.45) is 0 Å². The molecule has 0 aliphatic rings. The van der Waals surface area contributed by atoms with E-state index in [2.05, 4.69) is 0 Å². The summed E-state index contributed by atoms with van der Waals surface area (Å²) in [7, 11) is 2.86. The van der Waals surface area contributed by atoms with Crippen LogP contribution in [0.15, 0.2) is 48.7 Å². The molecule has 0 radical (unpaired) electrons. The summed E-state index contributed by atoms with van der Waals surface area (Å²) < 4.78 is 9.67. The fourth-order valence-electron chi connectivity index (χ4n) is 1.82. The number of rotatable bonds is 3. The molecule has 0 amide bonds. The Morgan fingerprint density at radius 1 is 1.06 bits per heavy atom. The smallest absolute Gasteiger partial charge is 0.341 e. The SMILES string of the molecule is CO/C=C(/C(=O)OC)c1ccc2ccccc2c1. The second kappa shape index (κ2) is 5.36. The van der Waals surface area contributed by atoms with Crippen LogP contribution in [-0.2, 0) is 14.3 Å². The number of fused-ring (bicyclic) bond motifs is 1. The third-order valence-electron chi connectivity index (χ3n) is 2.70. The van der Waals surface area contributed by atoms with E-state index in [1.165, 1.54) is 20.5 Å². The van der Waals surface area contributed by atoms with Crippen LogP contribution in [0.1, 0.15) is 5.56 Å². The van der Waals surface area contributed by atoms with Gasteiger partial charge in [0, 0.05) is 0 Å². The van der Waals surface area contributed by atoms with Gasteiger partial charge in [0.1, 0.15) is 5.57 Å². The molecule has 3 nitrogen and oxygen atoms in total. The van der Waals surface area contributed by atoms with E-state index in [1.807, 2.05) is 42.5 Å². The molecule has 92 valence electrons. The first kappa shape index (κ1) is 12.2. The Kier molecular flexibility index (Phi) is 3.63. The summed E-state index contributed by atoms with van der Waals surface area (Å²) in [6.45, 7) is 0. The van der Waals surface area contributed by atoms with Crippen LogP contribution < -0.4 is 0 Å². The van der Waals surface area contributed by atoms with Crippen LogP contribution in [0.2, 0.25) is 0 Å². The van der Waals surface area contributed by atoms with Crippen molar-refractivity contribution in [3.63, 3.8) is 0 Å². The molecule has 0 N–H and O–H groups in total. The van der Waals surface area contributed by atoms with E-state index < -0.39 is 5.97 Å². The van der Waals surface area contributed by atoms with Gasteiger partial charge >= 0.3 is 5.97 Å². The molecule has 0 spiro atoms. The zero-order chi connectivity index (χ0) is 13.0. The average Bonchev–Trinajstić information content (AvgIpc) is 2.43. The Labute approximate surface area is 106 Å². The minimum absolute atomic E-state index is 0.408. The van der Waals surface area contributed by atoms with E-state index in [0.717, 1.165) is 16.3 Å². The summed E-state index contributed by atoms with van der Waals surface area (Å²) >= 11 is 0. The maximum Gasteiger partial charge on any atom is 0.341 e. The molecule has 0 saturated carbocycles. The highest BCUT2D eigenvalue weighted by molar-refractivity contribution is 6.16. The zero-order valence-electron chi connectivity index (χ0n) is 10.3. The lowest BCUT2D eigenvalue weighted by Crippen LogP contribution is -2.04. The topological polar surface area (TPSA) is 35.5 Å². The summed E-state index contributed by atoms with van der Waals surface area (Å²) in [5.41, 5.74) is 1.19. The molecule has 0 unspecified atom stereocenters. The lowest BCUT2D eigenvalue weighted by Gasteiger charge is -2.06. The van der Waals surface area contributed by atoms with Crippen molar-refractivity contribution in [1.29, 1.82) is 0 Å². The van der Waals surface area contributed by atoms with Gasteiger partial charge in [-0.25, -0.2) is 4.79 Å². The molecule has 0 heterocycles. The summed E-state index contributed by atoms with van der Waals surface area (Å²) in [5.74, 6) is -0.410. The average molecular weight is 242 g/mol. The first-order valence-corrected chi connectivity index (χ1v) is 5.56. The molecule has 2 aromatic rings. The van der Waals surface area contributed by atoms with Gasteiger partial charge in [-0.05, 0) is 22.4 Å². The Morgan fingerprint density at radius 3 is 2.44 bits per heavy atom. The van der Waals surface area contributed by atoms with Gasteiger partial charge < -0.3 is 9.47 Å². The third kappa shape index (κ3) is 2.35. The van der Waals surface area contributed by atoms with Gasteiger partial charge in [0.2, 0.25) is 0 Å². The summed E-state index contributed by atoms with van der Waals surface area (Å²) in [6.07, 6.45) is 1.40. The van der Waals surface area contributed by atoms with Crippen molar-refractivity contribution < 1.29 is 14.3 Å². The van der Waals surface area contributed by atoms with Gasteiger partial charge in [-0.1, -0.05) is 36.4 Å². The maximum absolute atomic E-state index is 11.7. The Bertz CT molecular complexity index is 599. The van der Waals surface area contributed by atoms with E-state index >= 15 is 0 Å². The van der Waals surface area contributed by atoms with Crippen LogP contribution in [0.4, 0.5) is 0 Å². The minimum Gasteiger partial charge on any atom is -0.503 e. The van der Waals surface area contributed by atoms with Crippen LogP contribution in [0, 0.1) is 0 Å². The second-order valence-corrected chi connectivity index (χ2v) is 3.82. The Hall–Kier alpha value is -2.29. The first-order chi connectivity index (χ1) is 8.76. The van der Waals surface area contributed by atoms with Crippen LogP contribution in [0.5, 0.6) is 0 Å². The summed E-state index contributed by atoms with van der Waals surface area (Å²) in [6, 6.07) is 13.8. The van der Waals surface area contributed by atoms with Crippen molar-refractivity contribution >= 4 is 22.3 Å². The highest BCUT2D eigenvalue weighted by atomic mass is 16.5. The monoisotopic (exact) mass is 242 g/mol. The molecule has 2 aromatic carbocycles. The van der Waals surface area contributed by atoms with Gasteiger partial charge in [0.25, 0.3) is 0 Å². The number of esters is 1. The number of hydrogen-bond donors (Lipinski definition) is 0. The predicted octanol–water partition coefficient (Wildman–Crippen LogP) is 3.00. The fraction of sp³-hybridized carbons (Fsp3) is 0.133. The normalized spacial score (nSPS) is 11.3. The van der Waals surface area contributed by atoms with Gasteiger partial charge in [0.15, 0.2) is 0 Å². The number of ether oxygens (including phenoxy) is 2. The highest BCUT2D eigenvalue weighted by Crippen LogP contribution is 2.22. The molecule has 0 fully saturated rings. The summed E-state index contributed by atoms with van der Waals surface area (Å²) in [4.78, 5) is 11.7. The number of methoxy groups -OCH3 is 2. The van der Waals surface area contributed by atoms with Crippen molar-refractivity contribution in [3.05, 3.63) is 54.3 Å². The Morgan fingerprint density at radius 2 is 1.78 bits per heavy atom. The van der Waals surface area contributed by atoms with Crippen LogP contribution in [0.25, 0.3) is 16.3 Å². The standard InChI is InChI=1S/C15H14O3/c1-17-10-14(15(16)18-2)13-8-7-11-5-3-4-6-12(11)9-13/h3-10H,1-2H3/b14-10+. The van der Waals surface area contributed by atoms with Crippen LogP contribution in [0.3, 0.4) is 0 Å². The fourth-order valence-corrected chi connectivity index (χ4v) is 1.82. The van der Waals surface area contributed by atoms with Gasteiger partial charge in [0.05, 0.1) is 20.5 Å². The van der Waals surface area contributed by atoms with E-state index in [0.29, 0.717) is 5.57 Å². The second-order valence-electron chi connectivity index (χ2n) is 3.82. The quantitative estimate of drug-likeness (QED) is 0.471. The summed E-state index contributed by atoms with van der Waals surface area (Å²) in [5, 5.41) is 2.20. The van der Waals surface area contributed by atoms with Crippen LogP contribution >= 0.6 is 0 Å². The first-order valence-electron chi connectivity index (χ1n) is 5.56. The highest BCUT2D eigenvalue weighted by Gasteiger charge is 2.13. The number of hydrogen-bond acceptors (Lipinski definition) is 3. The molecule has 0 aliphatic heterocycles. The van der Waals surface area contributed by atoms with Crippen molar-refractivity contribution in [3.8, 4) is 0 Å². The zero-order valence-corrected chi connectivity index (χ0v) is 10.3. The maximum atomic E-state index is 11.7. The van der Waals surface area contributed by atoms with Crippen molar-refractivity contribution in [2.75, 3.05) is 14.2 Å². The van der Waals surface area contributed by atoms with Crippen LogP contribution in [-0.4, -0.2) is 20.2 Å². The number of carbonyl (C=O) groups excluding carboxylic acids is 1. The third-order valence-corrected chi connectivity index (χ3v) is 2.70. The van der Waals surface area contributed by atoms with Gasteiger partial charge in [-0.15, -0.1) is 0 Å². The van der Waals surface area contributed by atoms with E-state index in [1.54, 1.807) is 0 Å². The molecule has 18 heavy (non-hydrogen) atoms. The van der Waals surface area contributed by atoms with Crippen molar-refractivity contribution in [1.82, 2.24) is 0 Å². The molecule has 2 rings (SSSR count). The molecule has 0 bridgehead atoms. The van der Waals surface area contributed by atoms with Gasteiger partial charge in [-0.2, -0.15) is 0 Å². The molecular formula is C15H14O3. The van der Waals surface area contributed by atoms with E-state index in [9.17, 15) is 4.79 Å². The molecule has 0 aromatic heterocycles. The largest absolute Gasteiger partial charge is 0.503 e. The van der Waals surface area contributed by atoms with Gasteiger partial charge in [-0.3, -0.25) is 0 Å². The number of carbonyl (C=O) groups is 1. The van der Waals surface area contributed by atoms with E-state index in [4.69, 9.17) is 9.47 Å². The molecular weight excluding hydrogens is 228 g/mol. The molecule has 0 atom stereocenters. The molecule has 0 saturated heterocycles. The molecule has 3 heteroatoms. The lowest BCUT2D eigenvalue weighted by molar-refractivity contribution is -0.133. The number of benzene rings is 2. The van der Waals surface area contributed by atoms with Crippen molar-refractivity contribution in [2.45, 2.75) is 0 Å². The Balaban J connectivity index is 2.51. The predicted molar refractivity (Wildman–Crippen MR) is 71.0 cm³/mol. The molecule has 0 aliphatic carbocycles. The lowest BCUT2D eigenvalue weighted by atomic mass is 10.0. The van der Waals surface area contributed by atoms with E-state index in [-0.39, 0.29) is 0 Å². The minimum atomic E-state index is -0.410.